The second-order valence-electron chi connectivity index (χ2n) is 9.24. The van der Waals surface area contributed by atoms with Crippen LogP contribution in [0.3, 0.4) is 0 Å². The maximum Gasteiger partial charge on any atom is 0.297 e. The van der Waals surface area contributed by atoms with Crippen LogP contribution in [0.1, 0.15) is 27.2 Å². The predicted octanol–water partition coefficient (Wildman–Crippen LogP) is 5.10. The van der Waals surface area contributed by atoms with Crippen LogP contribution in [-0.2, 0) is 16.1 Å². The summed E-state index contributed by atoms with van der Waals surface area (Å²) in [6, 6.07) is 16.6. The summed E-state index contributed by atoms with van der Waals surface area (Å²) >= 11 is 2.25. The third-order valence-corrected chi connectivity index (χ3v) is 9.20. The van der Waals surface area contributed by atoms with Gasteiger partial charge in [0.25, 0.3) is 11.8 Å². The first-order valence-electron chi connectivity index (χ1n) is 12.0. The van der Waals surface area contributed by atoms with E-state index in [0.29, 0.717) is 21.2 Å². The molecule has 8 nitrogen and oxygen atoms in total. The molecule has 5 aromatic rings. The molecule has 0 radical (unpaired) electrons. The number of hydrogen-bond acceptors (Lipinski definition) is 8. The Balaban J connectivity index is 1.43. The monoisotopic (exact) mass is 574 g/mol. The van der Waals surface area contributed by atoms with Crippen molar-refractivity contribution >= 4 is 56.7 Å². The van der Waals surface area contributed by atoms with E-state index < -0.39 is 28.6 Å². The molecule has 0 saturated heterocycles. The number of benzene rings is 3. The summed E-state index contributed by atoms with van der Waals surface area (Å²) in [6.07, 6.45) is 0. The van der Waals surface area contributed by atoms with Gasteiger partial charge in [0.1, 0.15) is 17.2 Å². The Kier molecular flexibility index (Phi) is 5.41. The van der Waals surface area contributed by atoms with E-state index in [-0.39, 0.29) is 39.0 Å². The lowest BCUT2D eigenvalue weighted by atomic mass is 9.84. The first kappa shape index (κ1) is 24.6. The molecule has 2 aromatic heterocycles. The number of para-hydroxylation sites is 1. The first-order valence-corrected chi connectivity index (χ1v) is 13.8. The van der Waals surface area contributed by atoms with Crippen LogP contribution in [-0.4, -0.2) is 29.1 Å². The van der Waals surface area contributed by atoms with Gasteiger partial charge in [0.2, 0.25) is 10.9 Å². The van der Waals surface area contributed by atoms with Gasteiger partial charge in [-0.1, -0.05) is 59.5 Å². The molecule has 0 fully saturated rings. The number of halogens is 2. The Morgan fingerprint density at radius 1 is 1.00 bits per heavy atom. The maximum absolute atomic E-state index is 14.2. The summed E-state index contributed by atoms with van der Waals surface area (Å²) < 4.78 is 34.6. The number of likely N-dealkylation sites (N-methyl/N-ethyl adjacent to an activating group) is 1. The Hall–Kier alpha value is -4.42. The fraction of sp³-hybridized carbons (Fsp3) is 0.107. The lowest BCUT2D eigenvalue weighted by molar-refractivity contribution is -0.121. The minimum atomic E-state index is -1.94. The van der Waals surface area contributed by atoms with Gasteiger partial charge in [-0.25, -0.2) is 8.78 Å². The highest BCUT2D eigenvalue weighted by molar-refractivity contribution is 8.00. The van der Waals surface area contributed by atoms with Crippen LogP contribution in [0.2, 0.25) is 0 Å². The summed E-state index contributed by atoms with van der Waals surface area (Å²) in [4.78, 5) is 44.7. The maximum atomic E-state index is 14.2. The Morgan fingerprint density at radius 3 is 2.60 bits per heavy atom. The first-order chi connectivity index (χ1) is 19.3. The van der Waals surface area contributed by atoms with Gasteiger partial charge in [0.05, 0.1) is 10.9 Å². The molecular weight excluding hydrogens is 558 g/mol. The van der Waals surface area contributed by atoms with E-state index in [1.807, 2.05) is 0 Å². The van der Waals surface area contributed by atoms with E-state index in [0.717, 1.165) is 28.4 Å². The number of amides is 2. The largest absolute Gasteiger partial charge is 0.450 e. The Bertz CT molecular complexity index is 1960. The Morgan fingerprint density at radius 2 is 1.77 bits per heavy atom. The van der Waals surface area contributed by atoms with Crippen molar-refractivity contribution < 1.29 is 22.8 Å². The number of carbonyl (C=O) groups excluding carboxylic acids is 2. The zero-order valence-corrected chi connectivity index (χ0v) is 22.2. The van der Waals surface area contributed by atoms with Gasteiger partial charge in [-0.15, -0.1) is 10.2 Å². The second-order valence-corrected chi connectivity index (χ2v) is 11.4. The van der Waals surface area contributed by atoms with Crippen molar-refractivity contribution in [2.24, 2.45) is 0 Å². The molecule has 40 heavy (non-hydrogen) atoms. The second kappa shape index (κ2) is 8.80. The third-order valence-electron chi connectivity index (χ3n) is 7.11. The van der Waals surface area contributed by atoms with E-state index in [9.17, 15) is 23.2 Å². The van der Waals surface area contributed by atoms with Crippen LogP contribution in [0.15, 0.2) is 80.3 Å². The van der Waals surface area contributed by atoms with Crippen molar-refractivity contribution in [3.8, 4) is 0 Å². The molecule has 198 valence electrons. The summed E-state index contributed by atoms with van der Waals surface area (Å²) in [5.74, 6) is -2.39. The van der Waals surface area contributed by atoms with Crippen LogP contribution in [0.4, 0.5) is 19.6 Å². The molecule has 2 aliphatic rings. The molecule has 0 bridgehead atoms. The highest BCUT2D eigenvalue weighted by Crippen LogP contribution is 2.54. The van der Waals surface area contributed by atoms with Crippen molar-refractivity contribution in [2.75, 3.05) is 16.8 Å². The minimum absolute atomic E-state index is 0.0148. The summed E-state index contributed by atoms with van der Waals surface area (Å²) in [5, 5.41) is 8.36. The number of rotatable bonds is 4. The predicted molar refractivity (Wildman–Crippen MR) is 146 cm³/mol. The van der Waals surface area contributed by atoms with Crippen LogP contribution in [0.25, 0.3) is 11.0 Å². The van der Waals surface area contributed by atoms with Crippen LogP contribution < -0.4 is 15.2 Å². The number of hydrogen-bond donors (Lipinski definition) is 0. The SMILES string of the molecule is CN1C(=O)C2(c3ccccc31)c1c(oc3ccc(F)cc3c1=O)C(=O)N2c1nnc(SCc2ccccc2F)s1. The van der Waals surface area contributed by atoms with Crippen molar-refractivity contribution in [3.05, 3.63) is 111 Å². The fourth-order valence-electron chi connectivity index (χ4n) is 5.35. The Labute approximate surface area is 232 Å². The standard InChI is InChI=1S/C28H16F2N4O4S2/c1-33-19-9-5-3-7-17(19)28(25(33)37)21-22(35)16-12-15(29)10-11-20(16)38-23(21)24(36)34(28)26-31-32-27(40-26)39-13-14-6-2-4-8-18(14)30/h2-12H,13H2,1H3. The molecule has 4 heterocycles. The minimum Gasteiger partial charge on any atom is -0.450 e. The van der Waals surface area contributed by atoms with Crippen LogP contribution in [0.5, 0.6) is 0 Å². The average molecular weight is 575 g/mol. The van der Waals surface area contributed by atoms with E-state index in [1.54, 1.807) is 49.5 Å². The zero-order valence-electron chi connectivity index (χ0n) is 20.6. The molecule has 1 atom stereocenters. The van der Waals surface area contributed by atoms with Crippen molar-refractivity contribution in [1.29, 1.82) is 0 Å². The highest BCUT2D eigenvalue weighted by atomic mass is 32.2. The number of aromatic nitrogens is 2. The molecule has 2 amide bonds. The van der Waals surface area contributed by atoms with Crippen molar-refractivity contribution in [1.82, 2.24) is 10.2 Å². The smallest absolute Gasteiger partial charge is 0.297 e. The molecule has 3 aromatic carbocycles. The van der Waals surface area contributed by atoms with Crippen LogP contribution in [0, 0.1) is 11.6 Å². The van der Waals surface area contributed by atoms with Gasteiger partial charge < -0.3 is 9.32 Å². The summed E-state index contributed by atoms with van der Waals surface area (Å²) in [7, 11) is 1.55. The van der Waals surface area contributed by atoms with Crippen LogP contribution >= 0.6 is 23.1 Å². The molecule has 2 aliphatic heterocycles. The molecule has 0 aliphatic carbocycles. The van der Waals surface area contributed by atoms with E-state index in [1.165, 1.54) is 28.8 Å². The van der Waals surface area contributed by atoms with E-state index in [4.69, 9.17) is 4.42 Å². The molecule has 0 saturated carbocycles. The van der Waals surface area contributed by atoms with E-state index in [2.05, 4.69) is 10.2 Å². The number of thioether (sulfide) groups is 1. The molecule has 1 unspecified atom stereocenters. The van der Waals surface area contributed by atoms with Gasteiger partial charge in [-0.05, 0) is 35.9 Å². The topological polar surface area (TPSA) is 96.6 Å². The quantitative estimate of drug-likeness (QED) is 0.218. The van der Waals surface area contributed by atoms with Gasteiger partial charge in [-0.3, -0.25) is 19.3 Å². The van der Waals surface area contributed by atoms with E-state index >= 15 is 0 Å². The zero-order chi connectivity index (χ0) is 27.8. The average Bonchev–Trinajstić information content (AvgIpc) is 3.58. The molecule has 7 rings (SSSR count). The lowest BCUT2D eigenvalue weighted by Gasteiger charge is -2.31. The number of fused-ring (bicyclic) bond motifs is 5. The lowest BCUT2D eigenvalue weighted by Crippen LogP contribution is -2.53. The fourth-order valence-corrected chi connectivity index (χ4v) is 7.22. The van der Waals surface area contributed by atoms with Crippen molar-refractivity contribution in [2.45, 2.75) is 15.6 Å². The number of anilines is 2. The molecule has 1 spiro atoms. The highest BCUT2D eigenvalue weighted by Gasteiger charge is 2.66. The molecular formula is C28H16F2N4O4S2. The normalized spacial score (nSPS) is 17.8. The molecule has 0 N–H and O–H groups in total. The van der Waals surface area contributed by atoms with Gasteiger partial charge in [0.15, 0.2) is 15.3 Å². The third kappa shape index (κ3) is 3.26. The summed E-state index contributed by atoms with van der Waals surface area (Å²) in [6.45, 7) is 0. The molecule has 12 heteroatoms. The van der Waals surface area contributed by atoms with Gasteiger partial charge in [0, 0.05) is 24.1 Å². The van der Waals surface area contributed by atoms with Crippen molar-refractivity contribution in [3.63, 3.8) is 0 Å². The van der Waals surface area contributed by atoms with Gasteiger partial charge in [-0.2, -0.15) is 0 Å². The number of carbonyl (C=O) groups is 2. The summed E-state index contributed by atoms with van der Waals surface area (Å²) in [5.41, 5.74) is -1.46. The van der Waals surface area contributed by atoms with Gasteiger partial charge >= 0.3 is 0 Å². The number of nitrogens with zero attached hydrogens (tertiary/aromatic N) is 4.